The summed E-state index contributed by atoms with van der Waals surface area (Å²) in [4.78, 5) is 14.0. The van der Waals surface area contributed by atoms with Crippen LogP contribution in [0.4, 0.5) is 0 Å². The number of carbonyl (C=O) groups is 1. The summed E-state index contributed by atoms with van der Waals surface area (Å²) < 4.78 is 5.24. The summed E-state index contributed by atoms with van der Waals surface area (Å²) in [6.07, 6.45) is 0.949. The van der Waals surface area contributed by atoms with Gasteiger partial charge in [-0.15, -0.1) is 12.4 Å². The Morgan fingerprint density at radius 1 is 1.50 bits per heavy atom. The molecule has 1 amide bonds. The number of nitrogens with zero attached hydrogens (tertiary/aromatic N) is 1. The van der Waals surface area contributed by atoms with E-state index in [9.17, 15) is 4.79 Å². The van der Waals surface area contributed by atoms with Gasteiger partial charge < -0.3 is 15.0 Å². The number of hydrogen-bond acceptors (Lipinski definition) is 3. The van der Waals surface area contributed by atoms with E-state index in [4.69, 9.17) is 4.74 Å². The highest BCUT2D eigenvalue weighted by atomic mass is 35.5. The Balaban J connectivity index is 0.00000200. The molecule has 4 nitrogen and oxygen atoms in total. The number of methoxy groups -OCH3 is 1. The lowest BCUT2D eigenvalue weighted by Crippen LogP contribution is -2.33. The Morgan fingerprint density at radius 3 is 2.80 bits per heavy atom. The molecule has 1 aliphatic rings. The van der Waals surface area contributed by atoms with Gasteiger partial charge in [-0.25, -0.2) is 0 Å². The second-order valence-corrected chi connectivity index (χ2v) is 5.19. The summed E-state index contributed by atoms with van der Waals surface area (Å²) in [6.45, 7) is 4.43. The monoisotopic (exact) mass is 298 g/mol. The van der Waals surface area contributed by atoms with Gasteiger partial charge in [-0.3, -0.25) is 4.79 Å². The molecule has 1 aromatic rings. The molecule has 1 aliphatic heterocycles. The Bertz CT molecular complexity index is 459. The fraction of sp³-hybridized carbons (Fsp3) is 0.533. The van der Waals surface area contributed by atoms with Gasteiger partial charge in [0.25, 0.3) is 0 Å². The van der Waals surface area contributed by atoms with Crippen molar-refractivity contribution in [3.63, 3.8) is 0 Å². The minimum atomic E-state index is 0. The van der Waals surface area contributed by atoms with E-state index in [2.05, 4.69) is 11.4 Å². The lowest BCUT2D eigenvalue weighted by Gasteiger charge is -2.21. The first-order valence-corrected chi connectivity index (χ1v) is 6.71. The van der Waals surface area contributed by atoms with Crippen LogP contribution in [-0.4, -0.2) is 38.1 Å². The van der Waals surface area contributed by atoms with Crippen LogP contribution in [-0.2, 0) is 11.3 Å². The third-order valence-corrected chi connectivity index (χ3v) is 3.66. The minimum Gasteiger partial charge on any atom is -0.496 e. The second kappa shape index (κ2) is 7.50. The first-order chi connectivity index (χ1) is 9.11. The standard InChI is InChI=1S/C15H22N2O2.ClH/c1-11-8-12(4-5-14(11)19-3)10-17(2)15(18)13-6-7-16-9-13;/h4-5,8,13,16H,6-7,9-10H2,1-3H3;1H. The number of nitrogens with one attached hydrogen (secondary N) is 1. The zero-order valence-electron chi connectivity index (χ0n) is 12.3. The highest BCUT2D eigenvalue weighted by molar-refractivity contribution is 5.85. The Labute approximate surface area is 126 Å². The fourth-order valence-corrected chi connectivity index (χ4v) is 2.57. The smallest absolute Gasteiger partial charge is 0.227 e. The lowest BCUT2D eigenvalue weighted by molar-refractivity contribution is -0.134. The summed E-state index contributed by atoms with van der Waals surface area (Å²) in [6, 6.07) is 6.05. The van der Waals surface area contributed by atoms with Crippen LogP contribution < -0.4 is 10.1 Å². The number of rotatable bonds is 4. The molecule has 1 saturated heterocycles. The molecular weight excluding hydrogens is 276 g/mol. The van der Waals surface area contributed by atoms with Crippen LogP contribution in [0.5, 0.6) is 5.75 Å². The van der Waals surface area contributed by atoms with Gasteiger partial charge in [0.15, 0.2) is 0 Å². The summed E-state index contributed by atoms with van der Waals surface area (Å²) >= 11 is 0. The third kappa shape index (κ3) is 3.87. The van der Waals surface area contributed by atoms with E-state index >= 15 is 0 Å². The van der Waals surface area contributed by atoms with E-state index < -0.39 is 0 Å². The molecule has 0 aliphatic carbocycles. The molecule has 1 fully saturated rings. The predicted octanol–water partition coefficient (Wildman–Crippen LogP) is 1.99. The molecule has 112 valence electrons. The van der Waals surface area contributed by atoms with E-state index in [1.165, 1.54) is 0 Å². The predicted molar refractivity (Wildman–Crippen MR) is 82.4 cm³/mol. The van der Waals surface area contributed by atoms with Crippen LogP contribution in [0.3, 0.4) is 0 Å². The number of halogens is 1. The van der Waals surface area contributed by atoms with Gasteiger partial charge in [-0.05, 0) is 37.1 Å². The SMILES string of the molecule is COc1ccc(CN(C)C(=O)C2CCNC2)cc1C.Cl. The quantitative estimate of drug-likeness (QED) is 0.924. The third-order valence-electron chi connectivity index (χ3n) is 3.66. The molecule has 5 heteroatoms. The molecular formula is C15H23ClN2O2. The molecule has 0 bridgehead atoms. The summed E-state index contributed by atoms with van der Waals surface area (Å²) in [5.41, 5.74) is 2.24. The summed E-state index contributed by atoms with van der Waals surface area (Å²) in [7, 11) is 3.55. The molecule has 0 saturated carbocycles. The van der Waals surface area contributed by atoms with Crippen molar-refractivity contribution in [3.05, 3.63) is 29.3 Å². The van der Waals surface area contributed by atoms with E-state index in [1.807, 2.05) is 31.0 Å². The van der Waals surface area contributed by atoms with Crippen molar-refractivity contribution in [1.82, 2.24) is 10.2 Å². The molecule has 1 heterocycles. The van der Waals surface area contributed by atoms with Crippen LogP contribution in [0.1, 0.15) is 17.5 Å². The van der Waals surface area contributed by atoms with Crippen molar-refractivity contribution < 1.29 is 9.53 Å². The van der Waals surface area contributed by atoms with Crippen molar-refractivity contribution in [2.45, 2.75) is 19.9 Å². The molecule has 20 heavy (non-hydrogen) atoms. The highest BCUT2D eigenvalue weighted by Crippen LogP contribution is 2.20. The maximum absolute atomic E-state index is 12.2. The Hall–Kier alpha value is -1.26. The van der Waals surface area contributed by atoms with Crippen LogP contribution in [0.15, 0.2) is 18.2 Å². The van der Waals surface area contributed by atoms with Gasteiger partial charge in [0.1, 0.15) is 5.75 Å². The molecule has 2 rings (SSSR count). The highest BCUT2D eigenvalue weighted by Gasteiger charge is 2.25. The number of carbonyl (C=O) groups excluding carboxylic acids is 1. The first kappa shape index (κ1) is 16.8. The van der Waals surface area contributed by atoms with Crippen molar-refractivity contribution >= 4 is 18.3 Å². The van der Waals surface area contributed by atoms with E-state index in [-0.39, 0.29) is 24.2 Å². The van der Waals surface area contributed by atoms with Crippen LogP contribution >= 0.6 is 12.4 Å². The zero-order valence-corrected chi connectivity index (χ0v) is 13.1. The Kier molecular flexibility index (Phi) is 6.30. The normalized spacial score (nSPS) is 17.4. The Morgan fingerprint density at radius 2 is 2.25 bits per heavy atom. The van der Waals surface area contributed by atoms with Crippen molar-refractivity contribution in [2.75, 3.05) is 27.2 Å². The van der Waals surface area contributed by atoms with Crippen molar-refractivity contribution in [2.24, 2.45) is 5.92 Å². The fourth-order valence-electron chi connectivity index (χ4n) is 2.57. The van der Waals surface area contributed by atoms with Crippen LogP contribution in [0.2, 0.25) is 0 Å². The maximum Gasteiger partial charge on any atom is 0.227 e. The lowest BCUT2D eigenvalue weighted by atomic mass is 10.1. The zero-order chi connectivity index (χ0) is 13.8. The summed E-state index contributed by atoms with van der Waals surface area (Å²) in [5.74, 6) is 1.26. The molecule has 0 spiro atoms. The number of ether oxygens (including phenoxy) is 1. The number of amides is 1. The first-order valence-electron chi connectivity index (χ1n) is 6.71. The largest absolute Gasteiger partial charge is 0.496 e. The summed E-state index contributed by atoms with van der Waals surface area (Å²) in [5, 5.41) is 3.23. The van der Waals surface area contributed by atoms with Crippen LogP contribution in [0.25, 0.3) is 0 Å². The average Bonchev–Trinajstić information content (AvgIpc) is 2.92. The molecule has 0 radical (unpaired) electrons. The average molecular weight is 299 g/mol. The van der Waals surface area contributed by atoms with Gasteiger partial charge >= 0.3 is 0 Å². The number of hydrogen-bond donors (Lipinski definition) is 1. The molecule has 1 aromatic carbocycles. The van der Waals surface area contributed by atoms with Gasteiger partial charge in [0.2, 0.25) is 5.91 Å². The minimum absolute atomic E-state index is 0. The van der Waals surface area contributed by atoms with E-state index in [0.29, 0.717) is 6.54 Å². The molecule has 1 unspecified atom stereocenters. The number of aryl methyl sites for hydroxylation is 1. The van der Waals surface area contributed by atoms with Gasteiger partial charge in [-0.1, -0.05) is 12.1 Å². The van der Waals surface area contributed by atoms with E-state index in [0.717, 1.165) is 36.4 Å². The van der Waals surface area contributed by atoms with Crippen molar-refractivity contribution in [1.29, 1.82) is 0 Å². The van der Waals surface area contributed by atoms with Crippen LogP contribution in [0, 0.1) is 12.8 Å². The second-order valence-electron chi connectivity index (χ2n) is 5.19. The van der Waals surface area contributed by atoms with Gasteiger partial charge in [0, 0.05) is 20.1 Å². The molecule has 0 aromatic heterocycles. The molecule has 1 atom stereocenters. The maximum atomic E-state index is 12.2. The van der Waals surface area contributed by atoms with Crippen molar-refractivity contribution in [3.8, 4) is 5.75 Å². The van der Waals surface area contributed by atoms with Gasteiger partial charge in [-0.2, -0.15) is 0 Å². The van der Waals surface area contributed by atoms with E-state index in [1.54, 1.807) is 7.11 Å². The molecule has 1 N–H and O–H groups in total. The van der Waals surface area contributed by atoms with Gasteiger partial charge in [0.05, 0.1) is 13.0 Å². The topological polar surface area (TPSA) is 41.6 Å². The number of benzene rings is 1.